The number of carboxylic acids is 1. The predicted octanol–water partition coefficient (Wildman–Crippen LogP) is 3.83. The predicted molar refractivity (Wildman–Crippen MR) is 158 cm³/mol. The number of hydrogen-bond donors (Lipinski definition) is 1. The van der Waals surface area contributed by atoms with Crippen LogP contribution in [0.3, 0.4) is 0 Å². The average molecular weight is 566 g/mol. The second-order valence-electron chi connectivity index (χ2n) is 9.45. The third-order valence-electron chi connectivity index (χ3n) is 6.98. The van der Waals surface area contributed by atoms with Gasteiger partial charge in [0.05, 0.1) is 11.3 Å². The fourth-order valence-corrected chi connectivity index (χ4v) is 6.15. The lowest BCUT2D eigenvalue weighted by molar-refractivity contribution is -0.137. The zero-order chi connectivity index (χ0) is 28.1. The molecule has 2 aliphatic heterocycles. The van der Waals surface area contributed by atoms with E-state index in [1.54, 1.807) is 17.6 Å². The van der Waals surface area contributed by atoms with Crippen LogP contribution in [0.15, 0.2) is 40.0 Å². The van der Waals surface area contributed by atoms with E-state index in [4.69, 9.17) is 17.3 Å². The molecule has 9 nitrogen and oxygen atoms in total. The molecule has 0 aliphatic carbocycles. The molecule has 1 N–H and O–H groups in total. The third-order valence-corrected chi connectivity index (χ3v) is 8.36. The lowest BCUT2D eigenvalue weighted by Crippen LogP contribution is -2.48. The number of thiocarbonyl (C=S) groups is 1. The molecule has 4 rings (SSSR count). The summed E-state index contributed by atoms with van der Waals surface area (Å²) in [5, 5.41) is 19.0. The molecular weight excluding hydrogens is 534 g/mol. The number of nitrogens with zero attached hydrogens (tertiary/aromatic N) is 5. The van der Waals surface area contributed by atoms with Crippen LogP contribution in [0.4, 0.5) is 11.5 Å². The van der Waals surface area contributed by atoms with E-state index < -0.39 is 5.97 Å². The van der Waals surface area contributed by atoms with Gasteiger partial charge in [-0.05, 0) is 37.1 Å². The van der Waals surface area contributed by atoms with E-state index >= 15 is 0 Å². The molecule has 0 spiro atoms. The molecule has 39 heavy (non-hydrogen) atoms. The molecular formula is C28H31N5O4S2. The quantitative estimate of drug-likeness (QED) is 0.358. The largest absolute Gasteiger partial charge is 0.481 e. The lowest BCUT2D eigenvalue weighted by atomic mass is 10.0. The van der Waals surface area contributed by atoms with Crippen LogP contribution in [0.2, 0.25) is 0 Å². The number of hydrogen-bond acceptors (Lipinski definition) is 8. The van der Waals surface area contributed by atoms with Crippen LogP contribution in [-0.2, 0) is 16.1 Å². The van der Waals surface area contributed by atoms with E-state index in [0.717, 1.165) is 43.4 Å². The van der Waals surface area contributed by atoms with E-state index in [1.807, 2.05) is 25.1 Å². The molecule has 2 aromatic rings. The van der Waals surface area contributed by atoms with Gasteiger partial charge in [0.25, 0.3) is 11.5 Å². The molecule has 3 heterocycles. The third kappa shape index (κ3) is 6.02. The van der Waals surface area contributed by atoms with Crippen molar-refractivity contribution in [3.63, 3.8) is 0 Å². The minimum absolute atomic E-state index is 0.00985. The Morgan fingerprint density at radius 3 is 2.41 bits per heavy atom. The minimum Gasteiger partial charge on any atom is -0.481 e. The number of carboxylic acid groups (broad SMARTS) is 1. The molecule has 2 fully saturated rings. The van der Waals surface area contributed by atoms with Gasteiger partial charge in [-0.3, -0.25) is 23.9 Å². The number of carbonyl (C=O) groups is 2. The number of para-hydroxylation sites is 1. The standard InChI is InChI=1S/C28H31N5O4S2/c1-3-4-11-32-25(31-15-13-30(14-16-31)20-8-6-5-7-9-20)21(19(2)22(18-29)26(32)36)17-23-27(37)33(28(38)39-23)12-10-24(34)35/h5-9,17H,3-4,10-16H2,1-2H3,(H,34,35). The molecule has 204 valence electrons. The molecule has 2 aliphatic rings. The highest BCUT2D eigenvalue weighted by atomic mass is 32.2. The summed E-state index contributed by atoms with van der Waals surface area (Å²) >= 11 is 6.49. The van der Waals surface area contributed by atoms with Gasteiger partial charge in [-0.2, -0.15) is 5.26 Å². The van der Waals surface area contributed by atoms with Gasteiger partial charge in [0.2, 0.25) is 0 Å². The molecule has 2 saturated heterocycles. The molecule has 1 amide bonds. The summed E-state index contributed by atoms with van der Waals surface area (Å²) in [6.07, 6.45) is 3.15. The number of pyridine rings is 1. The van der Waals surface area contributed by atoms with Crippen molar-refractivity contribution in [3.8, 4) is 6.07 Å². The summed E-state index contributed by atoms with van der Waals surface area (Å²) in [5.74, 6) is -0.675. The highest BCUT2D eigenvalue weighted by molar-refractivity contribution is 8.26. The van der Waals surface area contributed by atoms with Crippen LogP contribution in [-0.4, -0.2) is 63.5 Å². The Morgan fingerprint density at radius 2 is 1.79 bits per heavy atom. The van der Waals surface area contributed by atoms with Gasteiger partial charge in [0.1, 0.15) is 21.8 Å². The first-order chi connectivity index (χ1) is 18.8. The number of anilines is 2. The van der Waals surface area contributed by atoms with E-state index in [-0.39, 0.29) is 30.0 Å². The summed E-state index contributed by atoms with van der Waals surface area (Å²) in [5.41, 5.74) is 2.04. The summed E-state index contributed by atoms with van der Waals surface area (Å²) < 4.78 is 1.98. The van der Waals surface area contributed by atoms with Crippen molar-refractivity contribution in [1.29, 1.82) is 5.26 Å². The van der Waals surface area contributed by atoms with Gasteiger partial charge in [0, 0.05) is 50.5 Å². The SMILES string of the molecule is CCCCn1c(N2CCN(c3ccccc3)CC2)c(C=C2SC(=S)N(CCC(=O)O)C2=O)c(C)c(C#N)c1=O. The first-order valence-corrected chi connectivity index (χ1v) is 14.2. The van der Waals surface area contributed by atoms with Crippen LogP contribution in [0.1, 0.15) is 42.9 Å². The Balaban J connectivity index is 1.78. The molecule has 1 aromatic heterocycles. The number of aromatic nitrogens is 1. The van der Waals surface area contributed by atoms with Crippen molar-refractivity contribution in [2.45, 2.75) is 39.7 Å². The van der Waals surface area contributed by atoms with E-state index in [2.05, 4.69) is 28.0 Å². The molecule has 0 bridgehead atoms. The second kappa shape index (κ2) is 12.5. The maximum atomic E-state index is 13.5. The number of carbonyl (C=O) groups excluding carboxylic acids is 1. The fraction of sp³-hybridized carbons (Fsp3) is 0.393. The number of aliphatic carboxylic acids is 1. The second-order valence-corrected chi connectivity index (χ2v) is 11.1. The van der Waals surface area contributed by atoms with E-state index in [1.165, 1.54) is 4.90 Å². The number of thioether (sulfide) groups is 1. The van der Waals surface area contributed by atoms with Gasteiger partial charge in [0.15, 0.2) is 0 Å². The summed E-state index contributed by atoms with van der Waals surface area (Å²) in [4.78, 5) is 43.9. The molecule has 0 saturated carbocycles. The topological polar surface area (TPSA) is 110 Å². The van der Waals surface area contributed by atoms with Crippen molar-refractivity contribution < 1.29 is 14.7 Å². The first-order valence-electron chi connectivity index (χ1n) is 13.0. The number of benzene rings is 1. The van der Waals surface area contributed by atoms with Crippen molar-refractivity contribution in [2.75, 3.05) is 42.5 Å². The Labute approximate surface area is 237 Å². The van der Waals surface area contributed by atoms with Crippen molar-refractivity contribution in [3.05, 3.63) is 62.3 Å². The minimum atomic E-state index is -1.01. The van der Waals surface area contributed by atoms with Crippen LogP contribution in [0, 0.1) is 18.3 Å². The van der Waals surface area contributed by atoms with Crippen LogP contribution in [0.5, 0.6) is 0 Å². The number of unbranched alkanes of at least 4 members (excludes halogenated alkanes) is 1. The zero-order valence-electron chi connectivity index (χ0n) is 22.1. The number of nitriles is 1. The Kier molecular flexibility index (Phi) is 9.09. The molecule has 0 radical (unpaired) electrons. The zero-order valence-corrected chi connectivity index (χ0v) is 23.7. The molecule has 1 aromatic carbocycles. The van der Waals surface area contributed by atoms with Crippen LogP contribution in [0.25, 0.3) is 6.08 Å². The van der Waals surface area contributed by atoms with Crippen molar-refractivity contribution >= 4 is 57.8 Å². The summed E-state index contributed by atoms with van der Waals surface area (Å²) in [7, 11) is 0. The van der Waals surface area contributed by atoms with Crippen molar-refractivity contribution in [1.82, 2.24) is 9.47 Å². The highest BCUT2D eigenvalue weighted by Crippen LogP contribution is 2.36. The Bertz CT molecular complexity index is 1410. The normalized spacial score (nSPS) is 16.7. The van der Waals surface area contributed by atoms with Crippen molar-refractivity contribution in [2.24, 2.45) is 0 Å². The smallest absolute Gasteiger partial charge is 0.305 e. The Morgan fingerprint density at radius 1 is 1.13 bits per heavy atom. The van der Waals surface area contributed by atoms with Gasteiger partial charge in [-0.25, -0.2) is 0 Å². The van der Waals surface area contributed by atoms with Gasteiger partial charge < -0.3 is 14.9 Å². The molecule has 0 atom stereocenters. The van der Waals surface area contributed by atoms with Crippen LogP contribution >= 0.6 is 24.0 Å². The van der Waals surface area contributed by atoms with Crippen LogP contribution < -0.4 is 15.4 Å². The van der Waals surface area contributed by atoms with Gasteiger partial charge >= 0.3 is 5.97 Å². The van der Waals surface area contributed by atoms with Gasteiger partial charge in [-0.15, -0.1) is 0 Å². The highest BCUT2D eigenvalue weighted by Gasteiger charge is 2.34. The molecule has 0 unspecified atom stereocenters. The maximum absolute atomic E-state index is 13.5. The summed E-state index contributed by atoms with van der Waals surface area (Å²) in [6, 6.07) is 12.3. The van der Waals surface area contributed by atoms with E-state index in [0.29, 0.717) is 45.8 Å². The van der Waals surface area contributed by atoms with E-state index in [9.17, 15) is 19.6 Å². The lowest BCUT2D eigenvalue weighted by Gasteiger charge is -2.39. The first kappa shape index (κ1) is 28.4. The number of amides is 1. The molecule has 11 heteroatoms. The number of rotatable bonds is 9. The summed E-state index contributed by atoms with van der Waals surface area (Å²) in [6.45, 7) is 7.06. The monoisotopic (exact) mass is 565 g/mol. The average Bonchev–Trinajstić information content (AvgIpc) is 3.20. The Hall–Kier alpha value is -3.62. The number of piperazine rings is 1. The fourth-order valence-electron chi connectivity index (χ4n) is 4.86. The van der Waals surface area contributed by atoms with Gasteiger partial charge in [-0.1, -0.05) is 55.5 Å². The maximum Gasteiger partial charge on any atom is 0.305 e.